The number of methoxy groups -OCH3 is 1. The fourth-order valence-corrected chi connectivity index (χ4v) is 4.87. The van der Waals surface area contributed by atoms with Gasteiger partial charge in [-0.2, -0.15) is 0 Å². The summed E-state index contributed by atoms with van der Waals surface area (Å²) in [5, 5.41) is 1.06. The zero-order valence-electron chi connectivity index (χ0n) is 16.4. The summed E-state index contributed by atoms with van der Waals surface area (Å²) >= 11 is 11.3. The highest BCUT2D eigenvalue weighted by Crippen LogP contribution is 2.33. The van der Waals surface area contributed by atoms with E-state index in [0.717, 1.165) is 40.1 Å². The minimum atomic E-state index is -0.166. The molecule has 1 aliphatic heterocycles. The van der Waals surface area contributed by atoms with Crippen LogP contribution in [0.2, 0.25) is 5.02 Å². The number of benzene rings is 2. The molecule has 2 aromatic carbocycles. The first kappa shape index (κ1) is 21.5. The predicted molar refractivity (Wildman–Crippen MR) is 124 cm³/mol. The number of thiazole rings is 1. The van der Waals surface area contributed by atoms with E-state index in [1.54, 1.807) is 24.1 Å². The van der Waals surface area contributed by atoms with E-state index in [1.807, 2.05) is 24.3 Å². The Morgan fingerprint density at radius 1 is 1.30 bits per heavy atom. The average molecular weight is 511 g/mol. The molecule has 1 saturated heterocycles. The number of amides is 1. The van der Waals surface area contributed by atoms with Crippen LogP contribution in [0.15, 0.2) is 40.9 Å². The van der Waals surface area contributed by atoms with Crippen LogP contribution in [0.3, 0.4) is 0 Å². The molecular formula is C21H21BrClN3O3S. The zero-order chi connectivity index (χ0) is 21.1. The van der Waals surface area contributed by atoms with Crippen molar-refractivity contribution in [1.82, 2.24) is 9.88 Å². The summed E-state index contributed by atoms with van der Waals surface area (Å²) in [4.78, 5) is 22.2. The van der Waals surface area contributed by atoms with E-state index < -0.39 is 0 Å². The summed E-state index contributed by atoms with van der Waals surface area (Å²) in [6.07, 6.45) is 0. The van der Waals surface area contributed by atoms with E-state index in [0.29, 0.717) is 35.5 Å². The Bertz CT molecular complexity index is 1060. The molecule has 1 aromatic heterocycles. The molecular weight excluding hydrogens is 490 g/mol. The fraction of sp³-hybridized carbons (Fsp3) is 0.333. The number of halogens is 2. The lowest BCUT2D eigenvalue weighted by atomic mass is 10.2. The molecule has 0 atom stereocenters. The largest absolute Gasteiger partial charge is 0.497 e. The summed E-state index contributed by atoms with van der Waals surface area (Å²) < 4.78 is 12.5. The van der Waals surface area contributed by atoms with Gasteiger partial charge in [0.25, 0.3) is 5.91 Å². The van der Waals surface area contributed by atoms with Gasteiger partial charge in [0.2, 0.25) is 0 Å². The van der Waals surface area contributed by atoms with Gasteiger partial charge in [-0.05, 0) is 36.4 Å². The van der Waals surface area contributed by atoms with Crippen LogP contribution in [-0.4, -0.2) is 62.3 Å². The summed E-state index contributed by atoms with van der Waals surface area (Å²) in [6, 6.07) is 11.0. The van der Waals surface area contributed by atoms with E-state index in [1.165, 1.54) is 11.3 Å². The normalized spacial score (nSPS) is 14.8. The number of nitrogens with zero attached hydrogens (tertiary/aromatic N) is 3. The quantitative estimate of drug-likeness (QED) is 0.481. The van der Waals surface area contributed by atoms with Gasteiger partial charge in [0.1, 0.15) is 5.75 Å². The molecule has 0 unspecified atom stereocenters. The molecule has 0 aliphatic carbocycles. The number of hydrogen-bond donors (Lipinski definition) is 0. The van der Waals surface area contributed by atoms with Gasteiger partial charge in [0.05, 0.1) is 41.1 Å². The Balaban J connectivity index is 1.67. The van der Waals surface area contributed by atoms with E-state index >= 15 is 0 Å². The summed E-state index contributed by atoms with van der Waals surface area (Å²) in [6.45, 7) is 4.39. The first-order valence-electron chi connectivity index (χ1n) is 9.57. The van der Waals surface area contributed by atoms with Gasteiger partial charge in [-0.15, -0.1) is 0 Å². The second-order valence-electron chi connectivity index (χ2n) is 6.87. The highest BCUT2D eigenvalue weighted by Gasteiger charge is 2.24. The van der Waals surface area contributed by atoms with Gasteiger partial charge in [-0.1, -0.05) is 38.9 Å². The van der Waals surface area contributed by atoms with E-state index in [9.17, 15) is 4.79 Å². The lowest BCUT2D eigenvalue weighted by molar-refractivity contribution is 0.0391. The molecule has 1 aliphatic rings. The maximum absolute atomic E-state index is 13.5. The fourth-order valence-electron chi connectivity index (χ4n) is 3.29. The minimum absolute atomic E-state index is 0.166. The molecule has 0 spiro atoms. The summed E-state index contributed by atoms with van der Waals surface area (Å²) in [5.41, 5.74) is 1.28. The standard InChI is InChI=1S/C21H21BrClN3O3S/c1-28-15-3-5-18-19(13-15)30-21(24-18)26(7-6-25-8-10-29-11-9-25)20(27)16-12-14(22)2-4-17(16)23/h2-5,12-13H,6-11H2,1H3. The second kappa shape index (κ2) is 9.62. The van der Waals surface area contributed by atoms with Crippen LogP contribution in [0.4, 0.5) is 5.13 Å². The number of hydrogen-bond acceptors (Lipinski definition) is 6. The highest BCUT2D eigenvalue weighted by atomic mass is 79.9. The van der Waals surface area contributed by atoms with Gasteiger partial charge >= 0.3 is 0 Å². The van der Waals surface area contributed by atoms with Gasteiger partial charge in [-0.25, -0.2) is 4.98 Å². The molecule has 1 fully saturated rings. The van der Waals surface area contributed by atoms with Gasteiger partial charge < -0.3 is 9.47 Å². The molecule has 0 radical (unpaired) electrons. The van der Waals surface area contributed by atoms with Crippen molar-refractivity contribution >= 4 is 60.1 Å². The zero-order valence-corrected chi connectivity index (χ0v) is 19.6. The topological polar surface area (TPSA) is 54.9 Å². The predicted octanol–water partition coefficient (Wildman–Crippen LogP) is 4.70. The number of carbonyl (C=O) groups excluding carboxylic acids is 1. The monoisotopic (exact) mass is 509 g/mol. The van der Waals surface area contributed by atoms with Gasteiger partial charge in [0.15, 0.2) is 5.13 Å². The molecule has 1 amide bonds. The average Bonchev–Trinajstić information content (AvgIpc) is 3.19. The van der Waals surface area contributed by atoms with Crippen LogP contribution in [-0.2, 0) is 4.74 Å². The summed E-state index contributed by atoms with van der Waals surface area (Å²) in [7, 11) is 1.64. The molecule has 4 rings (SSSR count). The van der Waals surface area contributed by atoms with Crippen molar-refractivity contribution in [2.75, 3.05) is 51.4 Å². The molecule has 0 saturated carbocycles. The molecule has 0 bridgehead atoms. The van der Waals surface area contributed by atoms with Crippen LogP contribution >= 0.6 is 38.9 Å². The number of carbonyl (C=O) groups is 1. The third kappa shape index (κ3) is 4.78. The first-order valence-corrected chi connectivity index (χ1v) is 11.6. The van der Waals surface area contributed by atoms with Crippen LogP contribution in [0.5, 0.6) is 5.75 Å². The molecule has 30 heavy (non-hydrogen) atoms. The van der Waals surface area contributed by atoms with Crippen LogP contribution < -0.4 is 9.64 Å². The maximum atomic E-state index is 13.5. The molecule has 3 aromatic rings. The first-order chi connectivity index (χ1) is 14.5. The van der Waals surface area contributed by atoms with Crippen molar-refractivity contribution in [3.8, 4) is 5.75 Å². The van der Waals surface area contributed by atoms with Crippen molar-refractivity contribution in [1.29, 1.82) is 0 Å². The number of anilines is 1. The van der Waals surface area contributed by atoms with E-state index in [2.05, 4.69) is 20.8 Å². The number of aromatic nitrogens is 1. The van der Waals surface area contributed by atoms with Crippen molar-refractivity contribution in [3.63, 3.8) is 0 Å². The number of rotatable bonds is 6. The lowest BCUT2D eigenvalue weighted by Crippen LogP contribution is -2.43. The third-order valence-electron chi connectivity index (χ3n) is 4.96. The van der Waals surface area contributed by atoms with Crippen LogP contribution in [0.1, 0.15) is 10.4 Å². The Kier molecular flexibility index (Phi) is 6.90. The van der Waals surface area contributed by atoms with E-state index in [4.69, 9.17) is 26.1 Å². The Hall–Kier alpha value is -1.71. The SMILES string of the molecule is COc1ccc2nc(N(CCN3CCOCC3)C(=O)c3cc(Br)ccc3Cl)sc2c1. The highest BCUT2D eigenvalue weighted by molar-refractivity contribution is 9.10. The van der Waals surface area contributed by atoms with Crippen molar-refractivity contribution in [2.45, 2.75) is 0 Å². The van der Waals surface area contributed by atoms with E-state index in [-0.39, 0.29) is 5.91 Å². The van der Waals surface area contributed by atoms with Crippen molar-refractivity contribution < 1.29 is 14.3 Å². The number of ether oxygens (including phenoxy) is 2. The molecule has 6 nitrogen and oxygen atoms in total. The Morgan fingerprint density at radius 3 is 2.87 bits per heavy atom. The number of fused-ring (bicyclic) bond motifs is 1. The Labute approximate surface area is 192 Å². The molecule has 0 N–H and O–H groups in total. The molecule has 158 valence electrons. The second-order valence-corrected chi connectivity index (χ2v) is 9.20. The Morgan fingerprint density at radius 2 is 2.10 bits per heavy atom. The van der Waals surface area contributed by atoms with Crippen molar-refractivity contribution in [2.24, 2.45) is 0 Å². The van der Waals surface area contributed by atoms with Gasteiger partial charge in [0, 0.05) is 30.7 Å². The van der Waals surface area contributed by atoms with Crippen LogP contribution in [0.25, 0.3) is 10.2 Å². The molecule has 9 heteroatoms. The maximum Gasteiger partial charge on any atom is 0.261 e. The number of morpholine rings is 1. The smallest absolute Gasteiger partial charge is 0.261 e. The van der Waals surface area contributed by atoms with Crippen LogP contribution in [0, 0.1) is 0 Å². The molecule has 2 heterocycles. The van der Waals surface area contributed by atoms with Crippen molar-refractivity contribution in [3.05, 3.63) is 51.5 Å². The van der Waals surface area contributed by atoms with Gasteiger partial charge in [-0.3, -0.25) is 14.6 Å². The summed E-state index contributed by atoms with van der Waals surface area (Å²) in [5.74, 6) is 0.597. The third-order valence-corrected chi connectivity index (χ3v) is 6.83. The minimum Gasteiger partial charge on any atom is -0.497 e. The lowest BCUT2D eigenvalue weighted by Gasteiger charge is -2.29.